The molecule has 4 nitrogen and oxygen atoms in total. The van der Waals surface area contributed by atoms with E-state index in [2.05, 4.69) is 0 Å². The van der Waals surface area contributed by atoms with E-state index in [0.717, 1.165) is 0 Å². The van der Waals surface area contributed by atoms with Gasteiger partial charge in [0.2, 0.25) is 0 Å². The summed E-state index contributed by atoms with van der Waals surface area (Å²) in [5, 5.41) is 8.67. The topological polar surface area (TPSA) is 61.2 Å². The van der Waals surface area contributed by atoms with Gasteiger partial charge in [0, 0.05) is 41.0 Å². The summed E-state index contributed by atoms with van der Waals surface area (Å²) in [6, 6.07) is 8.60. The lowest BCUT2D eigenvalue weighted by Crippen LogP contribution is -2.41. The van der Waals surface area contributed by atoms with Gasteiger partial charge in [-0.25, -0.2) is 0 Å². The van der Waals surface area contributed by atoms with E-state index in [1.165, 1.54) is 0 Å². The van der Waals surface area contributed by atoms with Crippen molar-refractivity contribution in [2.24, 2.45) is 0 Å². The van der Waals surface area contributed by atoms with Crippen molar-refractivity contribution in [2.45, 2.75) is 0 Å². The van der Waals surface area contributed by atoms with Crippen LogP contribution in [0.5, 0.6) is 0 Å². The van der Waals surface area contributed by atoms with Crippen LogP contribution in [-0.4, -0.2) is 39.6 Å². The Labute approximate surface area is 102 Å². The third-order valence-corrected chi connectivity index (χ3v) is 4.00. The van der Waals surface area contributed by atoms with Gasteiger partial charge in [-0.05, 0) is 24.3 Å². The lowest BCUT2D eigenvalue weighted by molar-refractivity contribution is 0.0771. The molecule has 1 aliphatic rings. The van der Waals surface area contributed by atoms with Crippen LogP contribution < -0.4 is 0 Å². The second-order valence-electron chi connectivity index (χ2n) is 3.83. The third kappa shape index (κ3) is 2.71. The Morgan fingerprint density at radius 2 is 1.82 bits per heavy atom. The Hall–Kier alpha value is -1.67. The van der Waals surface area contributed by atoms with Crippen LogP contribution in [0.1, 0.15) is 15.9 Å². The molecule has 0 radical (unpaired) electrons. The lowest BCUT2D eigenvalue weighted by atomic mass is 10.1. The normalized spacial score (nSPS) is 16.5. The molecule has 0 saturated carbocycles. The SMILES string of the molecule is N#Cc1ccc(C(=O)N2CCS(=O)CC2)cc1. The molecule has 1 aliphatic heterocycles. The molecule has 5 heteroatoms. The molecule has 1 aromatic rings. The van der Waals surface area contributed by atoms with Gasteiger partial charge in [0.05, 0.1) is 11.6 Å². The molecule has 0 aliphatic carbocycles. The van der Waals surface area contributed by atoms with Crippen molar-refractivity contribution in [2.75, 3.05) is 24.6 Å². The van der Waals surface area contributed by atoms with Crippen molar-refractivity contribution in [3.63, 3.8) is 0 Å². The van der Waals surface area contributed by atoms with Gasteiger partial charge in [0.25, 0.3) is 5.91 Å². The van der Waals surface area contributed by atoms with E-state index in [-0.39, 0.29) is 5.91 Å². The smallest absolute Gasteiger partial charge is 0.253 e. The number of hydrogen-bond acceptors (Lipinski definition) is 3. The van der Waals surface area contributed by atoms with E-state index in [1.54, 1.807) is 29.2 Å². The molecule has 2 rings (SSSR count). The maximum Gasteiger partial charge on any atom is 0.253 e. The van der Waals surface area contributed by atoms with Crippen LogP contribution in [0.25, 0.3) is 0 Å². The molecule has 88 valence electrons. The number of benzene rings is 1. The molecule has 0 N–H and O–H groups in total. The molecule has 0 spiro atoms. The molecule has 0 unspecified atom stereocenters. The van der Waals surface area contributed by atoms with Crippen LogP contribution in [0.15, 0.2) is 24.3 Å². The second kappa shape index (κ2) is 5.11. The monoisotopic (exact) mass is 248 g/mol. The fourth-order valence-corrected chi connectivity index (χ4v) is 2.76. The van der Waals surface area contributed by atoms with Crippen LogP contribution in [0.4, 0.5) is 0 Å². The maximum atomic E-state index is 12.1. The summed E-state index contributed by atoms with van der Waals surface area (Å²) in [5.74, 6) is 1.07. The number of rotatable bonds is 1. The van der Waals surface area contributed by atoms with Crippen molar-refractivity contribution in [3.8, 4) is 6.07 Å². The summed E-state index contributed by atoms with van der Waals surface area (Å²) in [7, 11) is -0.776. The third-order valence-electron chi connectivity index (χ3n) is 2.73. The molecule has 1 amide bonds. The molecular weight excluding hydrogens is 236 g/mol. The van der Waals surface area contributed by atoms with Crippen LogP contribution in [0.3, 0.4) is 0 Å². The van der Waals surface area contributed by atoms with Crippen LogP contribution in [0.2, 0.25) is 0 Å². The van der Waals surface area contributed by atoms with Crippen molar-refractivity contribution < 1.29 is 9.00 Å². The predicted octanol–water partition coefficient (Wildman–Crippen LogP) is 0.763. The van der Waals surface area contributed by atoms with E-state index in [4.69, 9.17) is 5.26 Å². The Bertz CT molecular complexity index is 480. The Kier molecular flexibility index (Phi) is 3.55. The van der Waals surface area contributed by atoms with E-state index >= 15 is 0 Å². The molecule has 1 fully saturated rings. The Balaban J connectivity index is 2.09. The number of carbonyl (C=O) groups is 1. The molecule has 1 saturated heterocycles. The highest BCUT2D eigenvalue weighted by molar-refractivity contribution is 7.85. The number of nitriles is 1. The van der Waals surface area contributed by atoms with Crippen molar-refractivity contribution in [3.05, 3.63) is 35.4 Å². The molecule has 17 heavy (non-hydrogen) atoms. The maximum absolute atomic E-state index is 12.1. The summed E-state index contributed by atoms with van der Waals surface area (Å²) in [5.41, 5.74) is 1.12. The average molecular weight is 248 g/mol. The molecular formula is C12H12N2O2S. The zero-order valence-corrected chi connectivity index (χ0v) is 10.1. The summed E-state index contributed by atoms with van der Waals surface area (Å²) >= 11 is 0. The highest BCUT2D eigenvalue weighted by Crippen LogP contribution is 2.09. The molecule has 1 aromatic carbocycles. The summed E-state index contributed by atoms with van der Waals surface area (Å²) in [6.07, 6.45) is 0. The molecule has 1 heterocycles. The van der Waals surface area contributed by atoms with Crippen LogP contribution in [0, 0.1) is 11.3 Å². The fourth-order valence-electron chi connectivity index (χ4n) is 1.71. The van der Waals surface area contributed by atoms with Crippen LogP contribution >= 0.6 is 0 Å². The van der Waals surface area contributed by atoms with Gasteiger partial charge < -0.3 is 4.90 Å². The van der Waals surface area contributed by atoms with Gasteiger partial charge in [0.1, 0.15) is 0 Å². The van der Waals surface area contributed by atoms with Gasteiger partial charge in [0.15, 0.2) is 0 Å². The van der Waals surface area contributed by atoms with E-state index < -0.39 is 10.8 Å². The predicted molar refractivity (Wildman–Crippen MR) is 64.9 cm³/mol. The van der Waals surface area contributed by atoms with E-state index in [0.29, 0.717) is 35.7 Å². The quantitative estimate of drug-likeness (QED) is 0.737. The van der Waals surface area contributed by atoms with Crippen molar-refractivity contribution in [1.29, 1.82) is 5.26 Å². The first-order valence-corrected chi connectivity index (χ1v) is 6.84. The minimum atomic E-state index is -0.776. The summed E-state index contributed by atoms with van der Waals surface area (Å²) < 4.78 is 11.2. The minimum absolute atomic E-state index is 0.0498. The van der Waals surface area contributed by atoms with Crippen molar-refractivity contribution in [1.82, 2.24) is 4.90 Å². The fraction of sp³-hybridized carbons (Fsp3) is 0.333. The van der Waals surface area contributed by atoms with Gasteiger partial charge in [-0.1, -0.05) is 0 Å². The van der Waals surface area contributed by atoms with Crippen molar-refractivity contribution >= 4 is 16.7 Å². The van der Waals surface area contributed by atoms with E-state index in [9.17, 15) is 9.00 Å². The Morgan fingerprint density at radius 3 is 2.35 bits per heavy atom. The van der Waals surface area contributed by atoms with Gasteiger partial charge in [-0.3, -0.25) is 9.00 Å². The first-order valence-electron chi connectivity index (χ1n) is 5.35. The zero-order chi connectivity index (χ0) is 12.3. The van der Waals surface area contributed by atoms with Crippen LogP contribution in [-0.2, 0) is 10.8 Å². The summed E-state index contributed by atoms with van der Waals surface area (Å²) in [6.45, 7) is 1.09. The highest BCUT2D eigenvalue weighted by Gasteiger charge is 2.20. The number of nitrogens with zero attached hydrogens (tertiary/aromatic N) is 2. The molecule has 0 aromatic heterocycles. The molecule has 0 atom stereocenters. The minimum Gasteiger partial charge on any atom is -0.337 e. The standard InChI is InChI=1S/C12H12N2O2S/c13-9-10-1-3-11(4-2-10)12(15)14-5-7-17(16)8-6-14/h1-4H,5-8H2. The van der Waals surface area contributed by atoms with Gasteiger partial charge >= 0.3 is 0 Å². The number of hydrogen-bond donors (Lipinski definition) is 0. The first-order chi connectivity index (χ1) is 8.20. The average Bonchev–Trinajstić information content (AvgIpc) is 2.39. The second-order valence-corrected chi connectivity index (χ2v) is 5.53. The first kappa shape index (κ1) is 11.8. The summed E-state index contributed by atoms with van der Waals surface area (Å²) in [4.78, 5) is 13.8. The van der Waals surface area contributed by atoms with Gasteiger partial charge in [-0.15, -0.1) is 0 Å². The number of carbonyl (C=O) groups excluding carboxylic acids is 1. The number of amides is 1. The lowest BCUT2D eigenvalue weighted by Gasteiger charge is -2.26. The Morgan fingerprint density at radius 1 is 1.24 bits per heavy atom. The van der Waals surface area contributed by atoms with E-state index in [1.807, 2.05) is 6.07 Å². The zero-order valence-electron chi connectivity index (χ0n) is 9.26. The van der Waals surface area contributed by atoms with Gasteiger partial charge in [-0.2, -0.15) is 5.26 Å². The largest absolute Gasteiger partial charge is 0.337 e. The molecule has 0 bridgehead atoms. The highest BCUT2D eigenvalue weighted by atomic mass is 32.2.